The third-order valence-electron chi connectivity index (χ3n) is 3.63. The van der Waals surface area contributed by atoms with E-state index in [0.29, 0.717) is 12.0 Å². The van der Waals surface area contributed by atoms with Crippen LogP contribution in [0.5, 0.6) is 0 Å². The summed E-state index contributed by atoms with van der Waals surface area (Å²) in [5, 5.41) is 12.4. The number of allylic oxidation sites excluding steroid dienone is 4. The highest BCUT2D eigenvalue weighted by molar-refractivity contribution is 5.30. The van der Waals surface area contributed by atoms with Crippen molar-refractivity contribution in [3.63, 3.8) is 0 Å². The topological polar surface area (TPSA) is 39.1 Å². The Morgan fingerprint density at radius 3 is 2.47 bits per heavy atom. The molecule has 4 heteroatoms. The molecule has 0 atom stereocenters. The summed E-state index contributed by atoms with van der Waals surface area (Å²) in [7, 11) is 0. The van der Waals surface area contributed by atoms with Crippen molar-refractivity contribution in [3.8, 4) is 6.07 Å². The molecule has 0 aromatic carbocycles. The van der Waals surface area contributed by atoms with Gasteiger partial charge in [0.1, 0.15) is 5.83 Å². The Hall–Kier alpha value is -1.34. The van der Waals surface area contributed by atoms with Crippen LogP contribution in [0.25, 0.3) is 0 Å². The summed E-state index contributed by atoms with van der Waals surface area (Å²) >= 11 is 0. The van der Waals surface area contributed by atoms with Crippen molar-refractivity contribution in [2.75, 3.05) is 26.2 Å². The maximum atomic E-state index is 14.4. The number of nitrogens with one attached hydrogen (secondary N) is 1. The van der Waals surface area contributed by atoms with Gasteiger partial charge < -0.3 is 10.2 Å². The van der Waals surface area contributed by atoms with Gasteiger partial charge in [-0.3, -0.25) is 0 Å². The smallest absolute Gasteiger partial charge is 0.125 e. The van der Waals surface area contributed by atoms with E-state index in [2.05, 4.69) is 16.3 Å². The van der Waals surface area contributed by atoms with Crippen LogP contribution in [0.3, 0.4) is 0 Å². The summed E-state index contributed by atoms with van der Waals surface area (Å²) in [4.78, 5) is 2.17. The number of piperazine rings is 1. The molecule has 0 saturated carbocycles. The fraction of sp³-hybridized carbons (Fsp3) is 0.667. The van der Waals surface area contributed by atoms with Crippen molar-refractivity contribution in [1.29, 1.82) is 5.26 Å². The molecule has 1 aliphatic rings. The minimum atomic E-state index is -0.751. The zero-order valence-electron chi connectivity index (χ0n) is 12.4. The van der Waals surface area contributed by atoms with Gasteiger partial charge in [-0.05, 0) is 38.8 Å². The van der Waals surface area contributed by atoms with Crippen molar-refractivity contribution in [2.24, 2.45) is 5.41 Å². The summed E-state index contributed by atoms with van der Waals surface area (Å²) < 4.78 is 14.4. The monoisotopic (exact) mass is 265 g/mol. The van der Waals surface area contributed by atoms with Gasteiger partial charge >= 0.3 is 0 Å². The van der Waals surface area contributed by atoms with Crippen LogP contribution in [0.15, 0.2) is 23.2 Å². The molecule has 0 bridgehead atoms. The number of nitriles is 1. The van der Waals surface area contributed by atoms with E-state index in [1.54, 1.807) is 19.9 Å². The van der Waals surface area contributed by atoms with E-state index in [0.717, 1.165) is 31.9 Å². The summed E-state index contributed by atoms with van der Waals surface area (Å²) in [6.45, 7) is 11.0. The molecule has 1 rings (SSSR count). The van der Waals surface area contributed by atoms with E-state index in [1.807, 2.05) is 13.8 Å². The lowest BCUT2D eigenvalue weighted by Gasteiger charge is -2.30. The van der Waals surface area contributed by atoms with Gasteiger partial charge in [0.05, 0.1) is 11.5 Å². The molecule has 1 saturated heterocycles. The van der Waals surface area contributed by atoms with Crippen molar-refractivity contribution < 1.29 is 4.39 Å². The Morgan fingerprint density at radius 2 is 2.00 bits per heavy atom. The number of rotatable bonds is 4. The van der Waals surface area contributed by atoms with Gasteiger partial charge in [-0.2, -0.15) is 5.26 Å². The Labute approximate surface area is 115 Å². The normalized spacial score (nSPS) is 18.9. The maximum absolute atomic E-state index is 14.4. The van der Waals surface area contributed by atoms with E-state index in [1.165, 1.54) is 0 Å². The summed E-state index contributed by atoms with van der Waals surface area (Å²) in [5.74, 6) is -0.259. The first kappa shape index (κ1) is 15.7. The molecule has 0 aromatic rings. The molecule has 19 heavy (non-hydrogen) atoms. The molecule has 0 aromatic heterocycles. The molecule has 1 heterocycles. The minimum Gasteiger partial charge on any atom is -0.372 e. The lowest BCUT2D eigenvalue weighted by molar-refractivity contribution is 0.299. The molecule has 0 unspecified atom stereocenters. The SMILES string of the molecule is CC/C(=C(F)\C=C(/C)N1CCNCC1)C(C)(C)C#N. The molecule has 0 amide bonds. The van der Waals surface area contributed by atoms with Gasteiger partial charge in [0.15, 0.2) is 0 Å². The molecule has 1 fully saturated rings. The zero-order chi connectivity index (χ0) is 14.5. The molecular formula is C15H24FN3. The predicted octanol–water partition coefficient (Wildman–Crippen LogP) is 2.98. The summed E-state index contributed by atoms with van der Waals surface area (Å²) in [5.41, 5.74) is 0.752. The fourth-order valence-electron chi connectivity index (χ4n) is 2.36. The molecule has 0 spiro atoms. The molecule has 1 N–H and O–H groups in total. The van der Waals surface area contributed by atoms with Crippen LogP contribution in [-0.4, -0.2) is 31.1 Å². The van der Waals surface area contributed by atoms with Crippen LogP contribution >= 0.6 is 0 Å². The number of nitrogens with zero attached hydrogens (tertiary/aromatic N) is 2. The van der Waals surface area contributed by atoms with E-state index < -0.39 is 5.41 Å². The Morgan fingerprint density at radius 1 is 1.42 bits per heavy atom. The molecular weight excluding hydrogens is 241 g/mol. The van der Waals surface area contributed by atoms with Crippen molar-refractivity contribution in [2.45, 2.75) is 34.1 Å². The van der Waals surface area contributed by atoms with Crippen LogP contribution in [0.2, 0.25) is 0 Å². The molecule has 1 aliphatic heterocycles. The van der Waals surface area contributed by atoms with E-state index in [-0.39, 0.29) is 5.83 Å². The highest BCUT2D eigenvalue weighted by Crippen LogP contribution is 2.32. The van der Waals surface area contributed by atoms with Gasteiger partial charge in [-0.15, -0.1) is 0 Å². The first-order chi connectivity index (χ1) is 8.92. The lowest BCUT2D eigenvalue weighted by Crippen LogP contribution is -2.42. The van der Waals surface area contributed by atoms with Crippen molar-refractivity contribution in [1.82, 2.24) is 10.2 Å². The fourth-order valence-corrected chi connectivity index (χ4v) is 2.36. The third-order valence-corrected chi connectivity index (χ3v) is 3.63. The van der Waals surface area contributed by atoms with Gasteiger partial charge in [-0.25, -0.2) is 4.39 Å². The number of halogens is 1. The van der Waals surface area contributed by atoms with Gasteiger partial charge in [0.25, 0.3) is 0 Å². The lowest BCUT2D eigenvalue weighted by atomic mass is 9.83. The van der Waals surface area contributed by atoms with Crippen LogP contribution < -0.4 is 5.32 Å². The highest BCUT2D eigenvalue weighted by atomic mass is 19.1. The third kappa shape index (κ3) is 4.07. The second-order valence-electron chi connectivity index (χ2n) is 5.44. The largest absolute Gasteiger partial charge is 0.372 e. The number of hydrogen-bond acceptors (Lipinski definition) is 3. The van der Waals surface area contributed by atoms with E-state index in [4.69, 9.17) is 5.26 Å². The highest BCUT2D eigenvalue weighted by Gasteiger charge is 2.25. The minimum absolute atomic E-state index is 0.259. The Balaban J connectivity index is 2.96. The molecule has 0 aliphatic carbocycles. The predicted molar refractivity (Wildman–Crippen MR) is 76.0 cm³/mol. The molecule has 3 nitrogen and oxygen atoms in total. The maximum Gasteiger partial charge on any atom is 0.125 e. The zero-order valence-corrected chi connectivity index (χ0v) is 12.4. The summed E-state index contributed by atoms with van der Waals surface area (Å²) in [6.07, 6.45) is 2.13. The number of hydrogen-bond donors (Lipinski definition) is 1. The molecule has 0 radical (unpaired) electrons. The van der Waals surface area contributed by atoms with Crippen LogP contribution in [-0.2, 0) is 0 Å². The standard InChI is InChI=1S/C15H24FN3/c1-5-13(15(3,4)11-17)14(16)10-12(2)19-8-6-18-7-9-19/h10,18H,5-9H2,1-4H3/b12-10+,14-13-. The van der Waals surface area contributed by atoms with E-state index in [9.17, 15) is 4.39 Å². The second-order valence-corrected chi connectivity index (χ2v) is 5.44. The first-order valence-corrected chi connectivity index (χ1v) is 6.86. The quantitative estimate of drug-likeness (QED) is 0.794. The van der Waals surface area contributed by atoms with Crippen LogP contribution in [0.1, 0.15) is 34.1 Å². The average Bonchev–Trinajstić information content (AvgIpc) is 2.40. The first-order valence-electron chi connectivity index (χ1n) is 6.86. The van der Waals surface area contributed by atoms with Gasteiger partial charge in [-0.1, -0.05) is 6.92 Å². The average molecular weight is 265 g/mol. The van der Waals surface area contributed by atoms with Crippen molar-refractivity contribution >= 4 is 0 Å². The van der Waals surface area contributed by atoms with Crippen LogP contribution in [0.4, 0.5) is 4.39 Å². The van der Waals surface area contributed by atoms with Gasteiger partial charge in [0.2, 0.25) is 0 Å². The van der Waals surface area contributed by atoms with Crippen LogP contribution in [0, 0.1) is 16.7 Å². The Bertz CT molecular complexity index is 410. The van der Waals surface area contributed by atoms with Crippen molar-refractivity contribution in [3.05, 3.63) is 23.2 Å². The summed E-state index contributed by atoms with van der Waals surface area (Å²) in [6, 6.07) is 2.18. The Kier molecular flexibility index (Phi) is 5.56. The van der Waals surface area contributed by atoms with E-state index >= 15 is 0 Å². The van der Waals surface area contributed by atoms with Gasteiger partial charge in [0, 0.05) is 31.9 Å². The second kappa shape index (κ2) is 6.72. The molecule has 106 valence electrons.